The fourth-order valence-corrected chi connectivity index (χ4v) is 2.46. The van der Waals surface area contributed by atoms with E-state index in [9.17, 15) is 0 Å². The highest BCUT2D eigenvalue weighted by molar-refractivity contribution is 6.30. The minimum Gasteiger partial charge on any atom is -0.385 e. The lowest BCUT2D eigenvalue weighted by Crippen LogP contribution is -1.96. The molecule has 2 nitrogen and oxygen atoms in total. The fraction of sp³-hybridized carbons (Fsp3) is 0.0667. The Morgan fingerprint density at radius 2 is 1.67 bits per heavy atom. The highest BCUT2D eigenvalue weighted by Gasteiger charge is 2.13. The van der Waals surface area contributed by atoms with Crippen LogP contribution in [0.4, 0.5) is 5.82 Å². The topological polar surface area (TPSA) is 30.9 Å². The normalized spacial score (nSPS) is 11.0. The number of benzene rings is 2. The summed E-state index contributed by atoms with van der Waals surface area (Å²) in [5, 5.41) is 1.90. The van der Waals surface area contributed by atoms with Gasteiger partial charge >= 0.3 is 0 Å². The molecule has 0 atom stereocenters. The first-order valence-corrected chi connectivity index (χ1v) is 6.15. The third-order valence-corrected chi connectivity index (χ3v) is 3.54. The van der Waals surface area contributed by atoms with Crippen LogP contribution in [0.2, 0.25) is 5.02 Å². The quantitative estimate of drug-likeness (QED) is 0.699. The summed E-state index contributed by atoms with van der Waals surface area (Å²) in [6, 6.07) is 16.0. The van der Waals surface area contributed by atoms with Crippen LogP contribution < -0.4 is 5.73 Å². The standard InChI is InChI=1S/C15H13ClN2/c1-18-13-5-3-2-4-12(13)14(15(18)17)10-6-8-11(16)9-7-10/h2-9H,17H2,1H3. The average molecular weight is 257 g/mol. The van der Waals surface area contributed by atoms with E-state index < -0.39 is 0 Å². The van der Waals surface area contributed by atoms with Crippen LogP contribution in [0.5, 0.6) is 0 Å². The smallest absolute Gasteiger partial charge is 0.112 e. The molecule has 0 aliphatic heterocycles. The van der Waals surface area contributed by atoms with Crippen LogP contribution in [0.15, 0.2) is 48.5 Å². The number of fused-ring (bicyclic) bond motifs is 1. The van der Waals surface area contributed by atoms with Gasteiger partial charge in [-0.1, -0.05) is 41.9 Å². The van der Waals surface area contributed by atoms with Gasteiger partial charge in [0.15, 0.2) is 0 Å². The Kier molecular flexibility index (Phi) is 2.53. The number of hydrogen-bond acceptors (Lipinski definition) is 1. The van der Waals surface area contributed by atoms with Gasteiger partial charge in [0.1, 0.15) is 5.82 Å². The minimum absolute atomic E-state index is 0.734. The molecule has 0 fully saturated rings. The number of anilines is 1. The van der Waals surface area contributed by atoms with Crippen molar-refractivity contribution in [2.75, 3.05) is 5.73 Å². The lowest BCUT2D eigenvalue weighted by atomic mass is 10.0. The van der Waals surface area contributed by atoms with E-state index in [1.54, 1.807) is 0 Å². The third kappa shape index (κ3) is 1.57. The van der Waals surface area contributed by atoms with Gasteiger partial charge < -0.3 is 10.3 Å². The Bertz CT molecular complexity index is 711. The van der Waals surface area contributed by atoms with Crippen LogP contribution in [0.25, 0.3) is 22.0 Å². The Hall–Kier alpha value is -1.93. The Morgan fingerprint density at radius 3 is 2.39 bits per heavy atom. The van der Waals surface area contributed by atoms with Crippen molar-refractivity contribution in [2.24, 2.45) is 7.05 Å². The molecular formula is C15H13ClN2. The van der Waals surface area contributed by atoms with E-state index >= 15 is 0 Å². The van der Waals surface area contributed by atoms with E-state index in [2.05, 4.69) is 12.1 Å². The van der Waals surface area contributed by atoms with E-state index in [0.29, 0.717) is 0 Å². The van der Waals surface area contributed by atoms with Crippen LogP contribution >= 0.6 is 11.6 Å². The summed E-state index contributed by atoms with van der Waals surface area (Å²) in [4.78, 5) is 0. The zero-order valence-corrected chi connectivity index (χ0v) is 10.8. The minimum atomic E-state index is 0.734. The molecule has 90 valence electrons. The summed E-state index contributed by atoms with van der Waals surface area (Å²) >= 11 is 5.93. The van der Waals surface area contributed by atoms with E-state index in [-0.39, 0.29) is 0 Å². The monoisotopic (exact) mass is 256 g/mol. The molecule has 0 unspecified atom stereocenters. The molecule has 0 saturated carbocycles. The maximum Gasteiger partial charge on any atom is 0.112 e. The van der Waals surface area contributed by atoms with Gasteiger partial charge in [0.25, 0.3) is 0 Å². The van der Waals surface area contributed by atoms with Crippen LogP contribution in [0, 0.1) is 0 Å². The largest absolute Gasteiger partial charge is 0.385 e. The van der Waals surface area contributed by atoms with E-state index in [1.807, 2.05) is 48.0 Å². The van der Waals surface area contributed by atoms with Crippen molar-refractivity contribution in [3.05, 3.63) is 53.6 Å². The Labute approximate surface area is 111 Å². The summed E-state index contributed by atoms with van der Waals surface area (Å²) in [5.41, 5.74) is 9.52. The Balaban J connectivity index is 2.35. The fourth-order valence-electron chi connectivity index (χ4n) is 2.33. The number of para-hydroxylation sites is 1. The predicted molar refractivity (Wildman–Crippen MR) is 77.8 cm³/mol. The van der Waals surface area contributed by atoms with Crippen molar-refractivity contribution in [1.29, 1.82) is 0 Å². The number of nitrogen functional groups attached to an aromatic ring is 1. The highest BCUT2D eigenvalue weighted by Crippen LogP contribution is 2.36. The summed E-state index contributed by atoms with van der Waals surface area (Å²) in [5.74, 6) is 0.776. The molecule has 2 aromatic carbocycles. The van der Waals surface area contributed by atoms with Crippen LogP contribution in [0.3, 0.4) is 0 Å². The first-order valence-electron chi connectivity index (χ1n) is 5.77. The number of halogens is 1. The number of nitrogens with zero attached hydrogens (tertiary/aromatic N) is 1. The van der Waals surface area contributed by atoms with E-state index in [0.717, 1.165) is 27.5 Å². The SMILES string of the molecule is Cn1c(N)c(-c2ccc(Cl)cc2)c2ccccc21. The van der Waals surface area contributed by atoms with Crippen molar-refractivity contribution in [2.45, 2.75) is 0 Å². The molecule has 0 saturated heterocycles. The molecular weight excluding hydrogens is 244 g/mol. The lowest BCUT2D eigenvalue weighted by Gasteiger charge is -2.02. The maximum atomic E-state index is 6.22. The number of nitrogens with two attached hydrogens (primary N) is 1. The highest BCUT2D eigenvalue weighted by atomic mass is 35.5. The zero-order valence-electron chi connectivity index (χ0n) is 10.0. The van der Waals surface area contributed by atoms with Gasteiger partial charge in [0, 0.05) is 28.5 Å². The van der Waals surface area contributed by atoms with Gasteiger partial charge in [-0.2, -0.15) is 0 Å². The second-order valence-corrected chi connectivity index (χ2v) is 4.78. The molecule has 0 radical (unpaired) electrons. The molecule has 3 aromatic rings. The summed E-state index contributed by atoms with van der Waals surface area (Å²) in [6.07, 6.45) is 0. The summed E-state index contributed by atoms with van der Waals surface area (Å²) in [6.45, 7) is 0. The Morgan fingerprint density at radius 1 is 1.00 bits per heavy atom. The van der Waals surface area contributed by atoms with Crippen molar-refractivity contribution in [3.63, 3.8) is 0 Å². The zero-order chi connectivity index (χ0) is 12.7. The molecule has 3 rings (SSSR count). The summed E-state index contributed by atoms with van der Waals surface area (Å²) < 4.78 is 2.01. The molecule has 0 amide bonds. The van der Waals surface area contributed by atoms with E-state index in [1.165, 1.54) is 5.39 Å². The molecule has 0 bridgehead atoms. The number of hydrogen-bond donors (Lipinski definition) is 1. The predicted octanol–water partition coefficient (Wildman–Crippen LogP) is 4.08. The molecule has 2 N–H and O–H groups in total. The molecule has 0 spiro atoms. The third-order valence-electron chi connectivity index (χ3n) is 3.29. The van der Waals surface area contributed by atoms with Gasteiger partial charge in [0.05, 0.1) is 0 Å². The van der Waals surface area contributed by atoms with Crippen LogP contribution in [-0.4, -0.2) is 4.57 Å². The van der Waals surface area contributed by atoms with Crippen LogP contribution in [0.1, 0.15) is 0 Å². The molecule has 1 heterocycles. The van der Waals surface area contributed by atoms with Crippen molar-refractivity contribution < 1.29 is 0 Å². The lowest BCUT2D eigenvalue weighted by molar-refractivity contribution is 0.984. The van der Waals surface area contributed by atoms with Gasteiger partial charge in [0.2, 0.25) is 0 Å². The van der Waals surface area contributed by atoms with Crippen molar-refractivity contribution in [3.8, 4) is 11.1 Å². The molecule has 0 aliphatic carbocycles. The number of rotatable bonds is 1. The molecule has 0 aliphatic rings. The van der Waals surface area contributed by atoms with Gasteiger partial charge in [-0.05, 0) is 23.8 Å². The first-order chi connectivity index (χ1) is 8.68. The van der Waals surface area contributed by atoms with Crippen molar-refractivity contribution >= 4 is 28.3 Å². The number of aromatic nitrogens is 1. The van der Waals surface area contributed by atoms with E-state index in [4.69, 9.17) is 17.3 Å². The van der Waals surface area contributed by atoms with Crippen molar-refractivity contribution in [1.82, 2.24) is 4.57 Å². The second kappa shape index (κ2) is 4.07. The van der Waals surface area contributed by atoms with Gasteiger partial charge in [-0.25, -0.2) is 0 Å². The molecule has 1 aromatic heterocycles. The first kappa shape index (κ1) is 11.2. The molecule has 3 heteroatoms. The average Bonchev–Trinajstić information content (AvgIpc) is 2.64. The van der Waals surface area contributed by atoms with Gasteiger partial charge in [-0.3, -0.25) is 0 Å². The second-order valence-electron chi connectivity index (χ2n) is 4.34. The summed E-state index contributed by atoms with van der Waals surface area (Å²) in [7, 11) is 1.98. The number of aryl methyl sites for hydroxylation is 1. The van der Waals surface area contributed by atoms with Crippen LogP contribution in [-0.2, 0) is 7.05 Å². The maximum absolute atomic E-state index is 6.22. The molecule has 18 heavy (non-hydrogen) atoms. The van der Waals surface area contributed by atoms with Gasteiger partial charge in [-0.15, -0.1) is 0 Å².